The summed E-state index contributed by atoms with van der Waals surface area (Å²) in [5.74, 6) is -0.115. The van der Waals surface area contributed by atoms with E-state index in [1.54, 1.807) is 18.5 Å². The SMILES string of the molecule is CC(=O)CCC(=O)Nc1ccncc1C. The van der Waals surface area contributed by atoms with E-state index in [1.807, 2.05) is 6.92 Å². The maximum Gasteiger partial charge on any atom is 0.224 e. The fourth-order valence-corrected chi connectivity index (χ4v) is 1.12. The molecule has 15 heavy (non-hydrogen) atoms. The molecule has 0 aliphatic heterocycles. The number of carbonyl (C=O) groups excluding carboxylic acids is 2. The molecule has 0 aliphatic carbocycles. The van der Waals surface area contributed by atoms with Crippen LogP contribution in [-0.4, -0.2) is 16.7 Å². The van der Waals surface area contributed by atoms with Crippen molar-refractivity contribution in [2.45, 2.75) is 26.7 Å². The number of nitrogens with one attached hydrogen (secondary N) is 1. The van der Waals surface area contributed by atoms with Crippen molar-refractivity contribution in [1.82, 2.24) is 4.98 Å². The minimum Gasteiger partial charge on any atom is -0.326 e. The average Bonchev–Trinajstić information content (AvgIpc) is 2.18. The van der Waals surface area contributed by atoms with Gasteiger partial charge in [0.2, 0.25) is 5.91 Å². The van der Waals surface area contributed by atoms with Crippen molar-refractivity contribution in [3.8, 4) is 0 Å². The summed E-state index contributed by atoms with van der Waals surface area (Å²) in [6.45, 7) is 3.35. The van der Waals surface area contributed by atoms with Crippen LogP contribution in [0.25, 0.3) is 0 Å². The number of hydrogen-bond donors (Lipinski definition) is 1. The van der Waals surface area contributed by atoms with Gasteiger partial charge in [-0.05, 0) is 25.5 Å². The van der Waals surface area contributed by atoms with E-state index in [9.17, 15) is 9.59 Å². The Morgan fingerprint density at radius 1 is 1.40 bits per heavy atom. The van der Waals surface area contributed by atoms with E-state index in [0.29, 0.717) is 0 Å². The summed E-state index contributed by atoms with van der Waals surface area (Å²) >= 11 is 0. The van der Waals surface area contributed by atoms with Crippen LogP contribution in [0.5, 0.6) is 0 Å². The van der Waals surface area contributed by atoms with Gasteiger partial charge in [-0.15, -0.1) is 0 Å². The number of hydrogen-bond acceptors (Lipinski definition) is 3. The number of ketones is 1. The lowest BCUT2D eigenvalue weighted by atomic mass is 10.2. The van der Waals surface area contributed by atoms with Crippen LogP contribution in [0.15, 0.2) is 18.5 Å². The van der Waals surface area contributed by atoms with Crippen molar-refractivity contribution in [3.63, 3.8) is 0 Å². The molecule has 0 aliphatic rings. The van der Waals surface area contributed by atoms with Gasteiger partial charge >= 0.3 is 0 Å². The van der Waals surface area contributed by atoms with Crippen LogP contribution in [0.2, 0.25) is 0 Å². The summed E-state index contributed by atoms with van der Waals surface area (Å²) in [7, 11) is 0. The molecule has 0 saturated heterocycles. The van der Waals surface area contributed by atoms with Crippen LogP contribution in [0.1, 0.15) is 25.3 Å². The van der Waals surface area contributed by atoms with Gasteiger partial charge in [-0.25, -0.2) is 0 Å². The molecule has 0 bridgehead atoms. The maximum absolute atomic E-state index is 11.4. The second-order valence-electron chi connectivity index (χ2n) is 3.44. The molecule has 1 aromatic heterocycles. The largest absolute Gasteiger partial charge is 0.326 e. The summed E-state index contributed by atoms with van der Waals surface area (Å²) in [6, 6.07) is 1.74. The quantitative estimate of drug-likeness (QED) is 0.815. The molecule has 0 unspecified atom stereocenters. The van der Waals surface area contributed by atoms with E-state index in [4.69, 9.17) is 0 Å². The summed E-state index contributed by atoms with van der Waals surface area (Å²) in [6.07, 6.45) is 3.82. The molecule has 0 fully saturated rings. The molecule has 0 atom stereocenters. The minimum absolute atomic E-state index is 0.0246. The van der Waals surface area contributed by atoms with Gasteiger partial charge in [-0.2, -0.15) is 0 Å². The number of pyridine rings is 1. The van der Waals surface area contributed by atoms with Crippen LogP contribution in [-0.2, 0) is 9.59 Å². The molecular formula is C11H14N2O2. The van der Waals surface area contributed by atoms with Crippen molar-refractivity contribution in [2.75, 3.05) is 5.32 Å². The first-order valence-electron chi connectivity index (χ1n) is 4.79. The zero-order valence-corrected chi connectivity index (χ0v) is 8.91. The maximum atomic E-state index is 11.4. The highest BCUT2D eigenvalue weighted by atomic mass is 16.2. The molecule has 0 spiro atoms. The molecule has 0 radical (unpaired) electrons. The lowest BCUT2D eigenvalue weighted by Crippen LogP contribution is -2.13. The van der Waals surface area contributed by atoms with E-state index < -0.39 is 0 Å². The van der Waals surface area contributed by atoms with Crippen LogP contribution in [0.4, 0.5) is 5.69 Å². The van der Waals surface area contributed by atoms with Crippen LogP contribution < -0.4 is 5.32 Å². The van der Waals surface area contributed by atoms with Crippen LogP contribution in [0.3, 0.4) is 0 Å². The highest BCUT2D eigenvalue weighted by molar-refractivity contribution is 5.93. The Labute approximate surface area is 88.7 Å². The first-order valence-corrected chi connectivity index (χ1v) is 4.79. The van der Waals surface area contributed by atoms with E-state index in [2.05, 4.69) is 10.3 Å². The molecule has 4 heteroatoms. The Kier molecular flexibility index (Phi) is 3.97. The van der Waals surface area contributed by atoms with Gasteiger partial charge in [0, 0.05) is 30.9 Å². The van der Waals surface area contributed by atoms with Gasteiger partial charge in [0.25, 0.3) is 0 Å². The molecule has 1 N–H and O–H groups in total. The average molecular weight is 206 g/mol. The van der Waals surface area contributed by atoms with Gasteiger partial charge in [-0.3, -0.25) is 9.78 Å². The third kappa shape index (κ3) is 3.89. The number of aryl methyl sites for hydroxylation is 1. The van der Waals surface area contributed by atoms with Crippen LogP contribution in [0, 0.1) is 6.92 Å². The molecular weight excluding hydrogens is 192 g/mol. The zero-order valence-electron chi connectivity index (χ0n) is 8.91. The van der Waals surface area contributed by atoms with Crippen molar-refractivity contribution in [2.24, 2.45) is 0 Å². The Bertz CT molecular complexity index is 375. The number of anilines is 1. The lowest BCUT2D eigenvalue weighted by Gasteiger charge is -2.06. The van der Waals surface area contributed by atoms with Crippen molar-refractivity contribution in [1.29, 1.82) is 0 Å². The normalized spacial score (nSPS) is 9.73. The highest BCUT2D eigenvalue weighted by Gasteiger charge is 2.05. The molecule has 80 valence electrons. The monoisotopic (exact) mass is 206 g/mol. The van der Waals surface area contributed by atoms with Crippen molar-refractivity contribution < 1.29 is 9.59 Å². The topological polar surface area (TPSA) is 59.1 Å². The molecule has 1 aromatic rings. The second-order valence-corrected chi connectivity index (χ2v) is 3.44. The fraction of sp³-hybridized carbons (Fsp3) is 0.364. The van der Waals surface area contributed by atoms with Crippen molar-refractivity contribution in [3.05, 3.63) is 24.0 Å². The van der Waals surface area contributed by atoms with E-state index in [-0.39, 0.29) is 24.5 Å². The number of carbonyl (C=O) groups is 2. The third-order valence-corrected chi connectivity index (χ3v) is 2.00. The first kappa shape index (κ1) is 11.4. The predicted octanol–water partition coefficient (Wildman–Crippen LogP) is 1.70. The summed E-state index contributed by atoms with van der Waals surface area (Å²) < 4.78 is 0. The van der Waals surface area contributed by atoms with Crippen LogP contribution >= 0.6 is 0 Å². The molecule has 1 rings (SSSR count). The number of Topliss-reactive ketones (excluding diaryl/α,β-unsaturated/α-hetero) is 1. The zero-order chi connectivity index (χ0) is 11.3. The molecule has 1 heterocycles. The van der Waals surface area contributed by atoms with Gasteiger partial charge < -0.3 is 10.1 Å². The molecule has 4 nitrogen and oxygen atoms in total. The summed E-state index contributed by atoms with van der Waals surface area (Å²) in [5, 5.41) is 2.73. The molecule has 1 amide bonds. The van der Waals surface area contributed by atoms with E-state index in [1.165, 1.54) is 6.92 Å². The van der Waals surface area contributed by atoms with Crippen molar-refractivity contribution >= 4 is 17.4 Å². The van der Waals surface area contributed by atoms with Gasteiger partial charge in [0.15, 0.2) is 0 Å². The Balaban J connectivity index is 2.52. The van der Waals surface area contributed by atoms with E-state index in [0.717, 1.165) is 11.3 Å². The van der Waals surface area contributed by atoms with E-state index >= 15 is 0 Å². The summed E-state index contributed by atoms with van der Waals surface area (Å²) in [5.41, 5.74) is 1.66. The number of nitrogens with zero attached hydrogens (tertiary/aromatic N) is 1. The van der Waals surface area contributed by atoms with Gasteiger partial charge in [0.1, 0.15) is 5.78 Å². The number of amides is 1. The minimum atomic E-state index is -0.139. The predicted molar refractivity (Wildman–Crippen MR) is 57.5 cm³/mol. The van der Waals surface area contributed by atoms with Gasteiger partial charge in [0.05, 0.1) is 0 Å². The summed E-state index contributed by atoms with van der Waals surface area (Å²) in [4.78, 5) is 26.0. The first-order chi connectivity index (χ1) is 7.09. The highest BCUT2D eigenvalue weighted by Crippen LogP contribution is 2.11. The number of rotatable bonds is 4. The molecule has 0 saturated carbocycles. The Hall–Kier alpha value is -1.71. The third-order valence-electron chi connectivity index (χ3n) is 2.00. The smallest absolute Gasteiger partial charge is 0.224 e. The fourth-order valence-electron chi connectivity index (χ4n) is 1.12. The second kappa shape index (κ2) is 5.24. The Morgan fingerprint density at radius 3 is 2.73 bits per heavy atom. The molecule has 0 aromatic carbocycles. The number of aromatic nitrogens is 1. The standard InChI is InChI=1S/C11H14N2O2/c1-8-7-12-6-5-10(8)13-11(15)4-3-9(2)14/h5-7H,3-4H2,1-2H3,(H,12,13,15). The Morgan fingerprint density at radius 2 is 2.13 bits per heavy atom. The lowest BCUT2D eigenvalue weighted by molar-refractivity contribution is -0.121. The van der Waals surface area contributed by atoms with Gasteiger partial charge in [-0.1, -0.05) is 0 Å².